The summed E-state index contributed by atoms with van der Waals surface area (Å²) in [4.78, 5) is 9.16. The fraction of sp³-hybridized carbons (Fsp3) is 0.783. The maximum Gasteiger partial charge on any atom is 0.128 e. The number of nitriles is 1. The van der Waals surface area contributed by atoms with E-state index in [9.17, 15) is 5.26 Å². The average molecular weight is 356 g/mol. The van der Waals surface area contributed by atoms with Crippen molar-refractivity contribution in [2.45, 2.75) is 109 Å². The molecule has 1 saturated carbocycles. The average Bonchev–Trinajstić information content (AvgIpc) is 2.69. The lowest BCUT2D eigenvalue weighted by Crippen LogP contribution is -2.30. The van der Waals surface area contributed by atoms with E-state index in [-0.39, 0.29) is 5.41 Å². The first kappa shape index (κ1) is 20.9. The van der Waals surface area contributed by atoms with E-state index in [1.807, 2.05) is 12.4 Å². The Bertz CT molecular complexity index is 536. The summed E-state index contributed by atoms with van der Waals surface area (Å²) in [7, 11) is 0. The van der Waals surface area contributed by atoms with Gasteiger partial charge in [0.15, 0.2) is 0 Å². The molecule has 0 bridgehead atoms. The Balaban J connectivity index is 1.85. The minimum atomic E-state index is -0.346. The second-order valence-electron chi connectivity index (χ2n) is 8.19. The van der Waals surface area contributed by atoms with Crippen LogP contribution in [0.15, 0.2) is 12.4 Å². The van der Waals surface area contributed by atoms with E-state index >= 15 is 0 Å². The van der Waals surface area contributed by atoms with Crippen LogP contribution in [0.4, 0.5) is 0 Å². The Morgan fingerprint density at radius 1 is 0.962 bits per heavy atom. The summed E-state index contributed by atoms with van der Waals surface area (Å²) in [6, 6.07) is 2.63. The van der Waals surface area contributed by atoms with Crippen molar-refractivity contribution in [1.82, 2.24) is 9.97 Å². The SMILES string of the molecule is CCCCCCCc1ncc(C2(C#N)CCC(CCCCC)CC2)cn1. The second kappa shape index (κ2) is 11.3. The zero-order chi connectivity index (χ0) is 18.7. The monoisotopic (exact) mass is 355 g/mol. The van der Waals surface area contributed by atoms with Gasteiger partial charge in [-0.15, -0.1) is 0 Å². The van der Waals surface area contributed by atoms with E-state index in [4.69, 9.17) is 0 Å². The molecule has 3 nitrogen and oxygen atoms in total. The van der Waals surface area contributed by atoms with Gasteiger partial charge < -0.3 is 0 Å². The maximum atomic E-state index is 9.88. The van der Waals surface area contributed by atoms with Crippen LogP contribution < -0.4 is 0 Å². The normalized spacial score (nSPS) is 22.9. The molecule has 144 valence electrons. The highest BCUT2D eigenvalue weighted by Gasteiger charge is 2.37. The summed E-state index contributed by atoms with van der Waals surface area (Å²) < 4.78 is 0. The van der Waals surface area contributed by atoms with Crippen LogP contribution in [0.3, 0.4) is 0 Å². The van der Waals surface area contributed by atoms with Crippen LogP contribution in [0.1, 0.15) is 109 Å². The third-order valence-corrected chi connectivity index (χ3v) is 6.15. The molecule has 1 fully saturated rings. The Labute approximate surface area is 160 Å². The first-order valence-electron chi connectivity index (χ1n) is 11.0. The van der Waals surface area contributed by atoms with Gasteiger partial charge >= 0.3 is 0 Å². The van der Waals surface area contributed by atoms with Gasteiger partial charge in [-0.2, -0.15) is 5.26 Å². The number of aryl methyl sites for hydroxylation is 1. The number of hydrogen-bond donors (Lipinski definition) is 0. The first-order valence-corrected chi connectivity index (χ1v) is 11.0. The molecular formula is C23H37N3. The van der Waals surface area contributed by atoms with Gasteiger partial charge in [0.05, 0.1) is 11.5 Å². The van der Waals surface area contributed by atoms with Gasteiger partial charge in [0.2, 0.25) is 0 Å². The Kier molecular flexibility index (Phi) is 9.09. The van der Waals surface area contributed by atoms with Crippen molar-refractivity contribution in [3.05, 3.63) is 23.8 Å². The van der Waals surface area contributed by atoms with Crippen molar-refractivity contribution in [3.8, 4) is 6.07 Å². The summed E-state index contributed by atoms with van der Waals surface area (Å²) in [6.45, 7) is 4.50. The number of unbranched alkanes of at least 4 members (excludes halogenated alkanes) is 6. The van der Waals surface area contributed by atoms with E-state index in [2.05, 4.69) is 29.9 Å². The van der Waals surface area contributed by atoms with Crippen LogP contribution in [0, 0.1) is 17.2 Å². The highest BCUT2D eigenvalue weighted by Crippen LogP contribution is 2.42. The fourth-order valence-electron chi connectivity index (χ4n) is 4.22. The number of aromatic nitrogens is 2. The molecule has 1 aromatic heterocycles. The molecule has 0 aliphatic heterocycles. The third-order valence-electron chi connectivity index (χ3n) is 6.15. The molecule has 0 radical (unpaired) electrons. The molecule has 3 heteroatoms. The fourth-order valence-corrected chi connectivity index (χ4v) is 4.22. The summed E-state index contributed by atoms with van der Waals surface area (Å²) in [5.74, 6) is 1.75. The van der Waals surface area contributed by atoms with Crippen LogP contribution in [0.25, 0.3) is 0 Å². The van der Waals surface area contributed by atoms with E-state index in [1.54, 1.807) is 0 Å². The molecule has 0 unspecified atom stereocenters. The molecule has 1 aliphatic rings. The number of nitrogens with zero attached hydrogens (tertiary/aromatic N) is 3. The zero-order valence-corrected chi connectivity index (χ0v) is 17.0. The van der Waals surface area contributed by atoms with Gasteiger partial charge in [-0.25, -0.2) is 9.97 Å². The lowest BCUT2D eigenvalue weighted by molar-refractivity contribution is 0.261. The van der Waals surface area contributed by atoms with Gasteiger partial charge in [0, 0.05) is 24.4 Å². The quantitative estimate of drug-likeness (QED) is 0.424. The molecule has 2 rings (SSSR count). The van der Waals surface area contributed by atoms with Crippen LogP contribution in [0.5, 0.6) is 0 Å². The van der Waals surface area contributed by atoms with E-state index < -0.39 is 0 Å². The summed E-state index contributed by atoms with van der Waals surface area (Å²) >= 11 is 0. The molecule has 1 aromatic rings. The van der Waals surface area contributed by atoms with Crippen molar-refractivity contribution in [2.24, 2.45) is 5.92 Å². The largest absolute Gasteiger partial charge is 0.241 e. The number of hydrogen-bond acceptors (Lipinski definition) is 3. The molecule has 0 atom stereocenters. The van der Waals surface area contributed by atoms with Crippen molar-refractivity contribution >= 4 is 0 Å². The van der Waals surface area contributed by atoms with E-state index in [0.717, 1.165) is 36.6 Å². The first-order chi connectivity index (χ1) is 12.7. The highest BCUT2D eigenvalue weighted by atomic mass is 14.9. The number of rotatable bonds is 11. The lowest BCUT2D eigenvalue weighted by atomic mass is 9.67. The van der Waals surface area contributed by atoms with E-state index in [0.29, 0.717) is 0 Å². The van der Waals surface area contributed by atoms with Crippen molar-refractivity contribution in [1.29, 1.82) is 5.26 Å². The maximum absolute atomic E-state index is 9.88. The van der Waals surface area contributed by atoms with Crippen molar-refractivity contribution in [2.75, 3.05) is 0 Å². The van der Waals surface area contributed by atoms with Crippen LogP contribution >= 0.6 is 0 Å². The van der Waals surface area contributed by atoms with Gasteiger partial charge in [-0.1, -0.05) is 65.2 Å². The predicted molar refractivity (Wildman–Crippen MR) is 108 cm³/mol. The van der Waals surface area contributed by atoms with Crippen LogP contribution in [0.2, 0.25) is 0 Å². The molecule has 0 saturated heterocycles. The Morgan fingerprint density at radius 3 is 2.19 bits per heavy atom. The molecule has 1 aliphatic carbocycles. The van der Waals surface area contributed by atoms with Crippen molar-refractivity contribution in [3.63, 3.8) is 0 Å². The highest BCUT2D eigenvalue weighted by molar-refractivity contribution is 5.29. The van der Waals surface area contributed by atoms with Crippen LogP contribution in [-0.4, -0.2) is 9.97 Å². The smallest absolute Gasteiger partial charge is 0.128 e. The summed E-state index contributed by atoms with van der Waals surface area (Å²) in [5, 5.41) is 9.88. The molecule has 1 heterocycles. The van der Waals surface area contributed by atoms with E-state index in [1.165, 1.54) is 70.6 Å². The Morgan fingerprint density at radius 2 is 1.58 bits per heavy atom. The summed E-state index contributed by atoms with van der Waals surface area (Å²) in [6.07, 6.45) is 20.8. The van der Waals surface area contributed by atoms with Gasteiger partial charge in [0.1, 0.15) is 5.82 Å². The molecule has 0 aromatic carbocycles. The molecule has 0 N–H and O–H groups in total. The Hall–Kier alpha value is -1.43. The second-order valence-corrected chi connectivity index (χ2v) is 8.19. The lowest BCUT2D eigenvalue weighted by Gasteiger charge is -2.35. The molecule has 0 amide bonds. The zero-order valence-electron chi connectivity index (χ0n) is 17.0. The molecule has 26 heavy (non-hydrogen) atoms. The molecule has 0 spiro atoms. The summed E-state index contributed by atoms with van der Waals surface area (Å²) in [5.41, 5.74) is 0.697. The standard InChI is InChI=1S/C23H37N3/c1-3-5-7-8-10-12-22-25-17-21(18-26-22)23(19-24)15-13-20(14-16-23)11-9-6-4-2/h17-18,20H,3-16H2,1-2H3. The molecular weight excluding hydrogens is 318 g/mol. The van der Waals surface area contributed by atoms with Gasteiger partial charge in [0.25, 0.3) is 0 Å². The minimum Gasteiger partial charge on any atom is -0.241 e. The minimum absolute atomic E-state index is 0.346. The predicted octanol–water partition coefficient (Wildman–Crippen LogP) is 6.52. The van der Waals surface area contributed by atoms with Gasteiger partial charge in [-0.3, -0.25) is 0 Å². The topological polar surface area (TPSA) is 49.6 Å². The van der Waals surface area contributed by atoms with Crippen molar-refractivity contribution < 1.29 is 0 Å². The third kappa shape index (κ3) is 6.08. The van der Waals surface area contributed by atoms with Crippen LogP contribution in [-0.2, 0) is 11.8 Å². The van der Waals surface area contributed by atoms with Gasteiger partial charge in [-0.05, 0) is 38.0 Å².